The Balaban J connectivity index is 1.92. The molecule has 1 atom stereocenters. The van der Waals surface area contributed by atoms with Crippen molar-refractivity contribution in [2.75, 3.05) is 6.54 Å². The number of hydrogen-bond acceptors (Lipinski definition) is 7. The second kappa shape index (κ2) is 6.65. The van der Waals surface area contributed by atoms with Crippen molar-refractivity contribution in [1.29, 1.82) is 0 Å². The Morgan fingerprint density at radius 1 is 1.38 bits per heavy atom. The van der Waals surface area contributed by atoms with Gasteiger partial charge in [-0.1, -0.05) is 18.0 Å². The number of aromatic hydroxyl groups is 1. The Hall–Kier alpha value is -2.97. The smallest absolute Gasteiger partial charge is 0.273 e. The quantitative estimate of drug-likeness (QED) is 0.676. The number of carbonyl (C=O) groups excluding carboxylic acids is 1. The fourth-order valence-electron chi connectivity index (χ4n) is 2.91. The third kappa shape index (κ3) is 3.05. The molecule has 9 nitrogen and oxygen atoms in total. The zero-order chi connectivity index (χ0) is 17.1. The average molecular weight is 332 g/mol. The number of aromatic nitrogens is 2. The van der Waals surface area contributed by atoms with Gasteiger partial charge in [0.15, 0.2) is 5.82 Å². The number of amides is 1. The first-order valence-electron chi connectivity index (χ1n) is 7.62. The van der Waals surface area contributed by atoms with E-state index < -0.39 is 16.6 Å². The number of likely N-dealkylation sites (tertiary alicyclic amines) is 1. The first-order chi connectivity index (χ1) is 11.6. The van der Waals surface area contributed by atoms with Crippen molar-refractivity contribution in [3.8, 4) is 5.75 Å². The van der Waals surface area contributed by atoms with Crippen LogP contribution in [0.25, 0.3) is 0 Å². The van der Waals surface area contributed by atoms with Crippen LogP contribution in [0.4, 0.5) is 5.69 Å². The van der Waals surface area contributed by atoms with Crippen molar-refractivity contribution in [2.24, 2.45) is 0 Å². The first-order valence-corrected chi connectivity index (χ1v) is 7.62. The Labute approximate surface area is 137 Å². The summed E-state index contributed by atoms with van der Waals surface area (Å²) in [5.41, 5.74) is -0.245. The molecule has 3 rings (SSSR count). The third-order valence-electron chi connectivity index (χ3n) is 4.11. The second-order valence-electron chi connectivity index (χ2n) is 5.61. The van der Waals surface area contributed by atoms with Crippen molar-refractivity contribution in [2.45, 2.75) is 31.7 Å². The number of nitro benzene ring substituents is 1. The minimum Gasteiger partial charge on any atom is -0.507 e. The molecule has 2 aromatic rings. The van der Waals surface area contributed by atoms with E-state index in [1.807, 2.05) is 0 Å². The molecule has 9 heteroatoms. The molecule has 2 heterocycles. The lowest BCUT2D eigenvalue weighted by atomic mass is 10.1. The lowest BCUT2D eigenvalue weighted by molar-refractivity contribution is -0.384. The molecule has 1 aromatic heterocycles. The van der Waals surface area contributed by atoms with E-state index >= 15 is 0 Å². The third-order valence-corrected chi connectivity index (χ3v) is 4.11. The molecule has 1 aliphatic heterocycles. The number of nitro groups is 1. The van der Waals surface area contributed by atoms with Crippen LogP contribution < -0.4 is 0 Å². The van der Waals surface area contributed by atoms with Gasteiger partial charge in [-0.25, -0.2) is 0 Å². The molecule has 1 aromatic carbocycles. The molecule has 1 N–H and O–H groups in total. The van der Waals surface area contributed by atoms with E-state index in [-0.39, 0.29) is 17.3 Å². The highest BCUT2D eigenvalue weighted by molar-refractivity contribution is 5.97. The van der Waals surface area contributed by atoms with Crippen LogP contribution in [0.5, 0.6) is 5.75 Å². The van der Waals surface area contributed by atoms with Gasteiger partial charge in [-0.3, -0.25) is 14.9 Å². The summed E-state index contributed by atoms with van der Waals surface area (Å²) < 4.78 is 4.78. The largest absolute Gasteiger partial charge is 0.507 e. The first kappa shape index (κ1) is 15.9. The molecule has 24 heavy (non-hydrogen) atoms. The fourth-order valence-corrected chi connectivity index (χ4v) is 2.91. The summed E-state index contributed by atoms with van der Waals surface area (Å²) in [7, 11) is 0. The van der Waals surface area contributed by atoms with Crippen molar-refractivity contribution in [3.63, 3.8) is 0 Å². The highest BCUT2D eigenvalue weighted by Crippen LogP contribution is 2.32. The number of rotatable bonds is 3. The van der Waals surface area contributed by atoms with E-state index in [0.29, 0.717) is 18.8 Å². The number of phenols is 1. The summed E-state index contributed by atoms with van der Waals surface area (Å²) in [5.74, 6) is -0.393. The van der Waals surface area contributed by atoms with E-state index in [1.165, 1.54) is 18.5 Å². The van der Waals surface area contributed by atoms with Gasteiger partial charge in [-0.05, 0) is 18.9 Å². The zero-order valence-electron chi connectivity index (χ0n) is 12.8. The number of nitrogens with zero attached hydrogens (tertiary/aromatic N) is 4. The van der Waals surface area contributed by atoms with Gasteiger partial charge in [0.1, 0.15) is 5.75 Å². The molecule has 1 saturated heterocycles. The Morgan fingerprint density at radius 3 is 2.88 bits per heavy atom. The molecule has 0 saturated carbocycles. The van der Waals surface area contributed by atoms with Crippen molar-refractivity contribution >= 4 is 11.6 Å². The van der Waals surface area contributed by atoms with E-state index in [0.717, 1.165) is 25.3 Å². The maximum Gasteiger partial charge on any atom is 0.273 e. The van der Waals surface area contributed by atoms with Gasteiger partial charge >= 0.3 is 0 Å². The van der Waals surface area contributed by atoms with Crippen molar-refractivity contribution in [3.05, 3.63) is 46.1 Å². The predicted molar refractivity (Wildman–Crippen MR) is 81.3 cm³/mol. The number of carbonyl (C=O) groups is 1. The highest BCUT2D eigenvalue weighted by Gasteiger charge is 2.31. The minimum atomic E-state index is -0.623. The summed E-state index contributed by atoms with van der Waals surface area (Å²) in [4.78, 5) is 28.6. The average Bonchev–Trinajstić information content (AvgIpc) is 2.98. The minimum absolute atomic E-state index is 0.0241. The van der Waals surface area contributed by atoms with Gasteiger partial charge in [-0.2, -0.15) is 4.98 Å². The van der Waals surface area contributed by atoms with E-state index in [4.69, 9.17) is 4.52 Å². The molecule has 1 aliphatic rings. The standard InChI is InChI=1S/C15H16N4O5/c20-13-8-10(19(22)23)5-6-11(13)15(21)18-7-3-1-2-4-12(18)14-16-9-24-17-14/h5-6,8-9,12,20H,1-4,7H2. The van der Waals surface area contributed by atoms with Gasteiger partial charge < -0.3 is 14.5 Å². The molecule has 0 radical (unpaired) electrons. The molecule has 0 aliphatic carbocycles. The number of hydrogen-bond donors (Lipinski definition) is 1. The van der Waals surface area contributed by atoms with E-state index in [2.05, 4.69) is 10.1 Å². The van der Waals surface area contributed by atoms with Crippen LogP contribution in [-0.4, -0.2) is 37.5 Å². The van der Waals surface area contributed by atoms with Crippen LogP contribution in [-0.2, 0) is 0 Å². The number of non-ortho nitro benzene ring substituents is 1. The molecule has 1 unspecified atom stereocenters. The van der Waals surface area contributed by atoms with Gasteiger partial charge in [0.25, 0.3) is 11.6 Å². The van der Waals surface area contributed by atoms with Gasteiger partial charge in [0.05, 0.1) is 22.6 Å². The summed E-state index contributed by atoms with van der Waals surface area (Å²) in [6.07, 6.45) is 4.64. The van der Waals surface area contributed by atoms with Crippen molar-refractivity contribution < 1.29 is 19.3 Å². The summed E-state index contributed by atoms with van der Waals surface area (Å²) in [5, 5.41) is 24.6. The van der Waals surface area contributed by atoms with Crippen molar-refractivity contribution in [1.82, 2.24) is 15.0 Å². The SMILES string of the molecule is O=C(c1ccc([N+](=O)[O-])cc1O)N1CCCCCC1c1ncon1. The normalized spacial score (nSPS) is 18.2. The van der Waals surface area contributed by atoms with Gasteiger partial charge in [0, 0.05) is 12.6 Å². The fraction of sp³-hybridized carbons (Fsp3) is 0.400. The Bertz CT molecular complexity index is 746. The molecule has 0 bridgehead atoms. The van der Waals surface area contributed by atoms with Crippen LogP contribution in [0.2, 0.25) is 0 Å². The zero-order valence-corrected chi connectivity index (χ0v) is 12.8. The topological polar surface area (TPSA) is 123 Å². The molecular formula is C15H16N4O5. The lowest BCUT2D eigenvalue weighted by Crippen LogP contribution is -2.35. The van der Waals surface area contributed by atoms with Crippen LogP contribution >= 0.6 is 0 Å². The van der Waals surface area contributed by atoms with E-state index in [1.54, 1.807) is 4.90 Å². The molecular weight excluding hydrogens is 316 g/mol. The van der Waals surface area contributed by atoms with E-state index in [9.17, 15) is 20.0 Å². The molecule has 126 valence electrons. The number of benzene rings is 1. The monoisotopic (exact) mass is 332 g/mol. The predicted octanol–water partition coefficient (Wildman–Crippen LogP) is 2.44. The Kier molecular flexibility index (Phi) is 4.41. The second-order valence-corrected chi connectivity index (χ2v) is 5.61. The lowest BCUT2D eigenvalue weighted by Gasteiger charge is -2.28. The maximum absolute atomic E-state index is 12.9. The van der Waals surface area contributed by atoms with Gasteiger partial charge in [-0.15, -0.1) is 0 Å². The molecule has 1 fully saturated rings. The summed E-state index contributed by atoms with van der Waals surface area (Å²) in [6, 6.07) is 3.12. The van der Waals surface area contributed by atoms with Crippen LogP contribution in [0.15, 0.2) is 29.1 Å². The maximum atomic E-state index is 12.9. The van der Waals surface area contributed by atoms with Crippen LogP contribution in [0.1, 0.15) is 47.9 Å². The van der Waals surface area contributed by atoms with Crippen LogP contribution in [0, 0.1) is 10.1 Å². The van der Waals surface area contributed by atoms with Crippen LogP contribution in [0.3, 0.4) is 0 Å². The Morgan fingerprint density at radius 2 is 2.21 bits per heavy atom. The molecule has 0 spiro atoms. The van der Waals surface area contributed by atoms with Gasteiger partial charge in [0.2, 0.25) is 6.39 Å². The summed E-state index contributed by atoms with van der Waals surface area (Å²) in [6.45, 7) is 0.495. The molecule has 1 amide bonds. The highest BCUT2D eigenvalue weighted by atomic mass is 16.6. The number of phenolic OH excluding ortho intramolecular Hbond substituents is 1. The summed E-state index contributed by atoms with van der Waals surface area (Å²) >= 11 is 0.